The molecule has 0 saturated heterocycles. The van der Waals surface area contributed by atoms with Gasteiger partial charge in [-0.1, -0.05) is 58.3 Å². The number of aromatic nitrogens is 1. The van der Waals surface area contributed by atoms with Gasteiger partial charge in [-0.25, -0.2) is 0 Å². The summed E-state index contributed by atoms with van der Waals surface area (Å²) >= 11 is 24.3. The van der Waals surface area contributed by atoms with E-state index in [-0.39, 0.29) is 23.9 Å². The lowest BCUT2D eigenvalue weighted by Crippen LogP contribution is -2.40. The lowest BCUT2D eigenvalue weighted by atomic mass is 10.3. The zero-order chi connectivity index (χ0) is 19.3. The molecule has 0 saturated carbocycles. The Morgan fingerprint density at radius 2 is 2.00 bits per heavy atom. The summed E-state index contributed by atoms with van der Waals surface area (Å²) < 4.78 is 15.5. The minimum atomic E-state index is -2.05. The van der Waals surface area contributed by atoms with Crippen LogP contribution < -0.4 is 4.87 Å². The predicted molar refractivity (Wildman–Crippen MR) is 104 cm³/mol. The zero-order valence-corrected chi connectivity index (χ0v) is 17.3. The van der Waals surface area contributed by atoms with E-state index in [2.05, 4.69) is 0 Å². The van der Waals surface area contributed by atoms with Gasteiger partial charge in [0.25, 0.3) is 10.1 Å². The van der Waals surface area contributed by atoms with Gasteiger partial charge in [0.2, 0.25) is 0 Å². The van der Waals surface area contributed by atoms with Crippen LogP contribution in [0.15, 0.2) is 29.1 Å². The Morgan fingerprint density at radius 3 is 2.62 bits per heavy atom. The van der Waals surface area contributed by atoms with Crippen molar-refractivity contribution in [3.8, 4) is 0 Å². The number of methoxy groups -OCH3 is 1. The second-order valence-corrected chi connectivity index (χ2v) is 8.82. The van der Waals surface area contributed by atoms with Gasteiger partial charge in [-0.3, -0.25) is 14.2 Å². The first-order valence-corrected chi connectivity index (χ1v) is 9.79. The Morgan fingerprint density at radius 1 is 1.31 bits per heavy atom. The number of fused-ring (bicyclic) bond motifs is 1. The summed E-state index contributed by atoms with van der Waals surface area (Å²) in [5, 5.41) is 0. The van der Waals surface area contributed by atoms with E-state index < -0.39 is 22.2 Å². The van der Waals surface area contributed by atoms with Crippen molar-refractivity contribution >= 4 is 73.9 Å². The van der Waals surface area contributed by atoms with Gasteiger partial charge in [-0.2, -0.15) is 0 Å². The topological polar surface area (TPSA) is 66.8 Å². The molecule has 0 spiro atoms. The normalized spacial score (nSPS) is 14.3. The fourth-order valence-corrected chi connectivity index (χ4v) is 3.44. The van der Waals surface area contributed by atoms with E-state index in [0.29, 0.717) is 5.52 Å². The Hall–Kier alpha value is -0.540. The van der Waals surface area contributed by atoms with Gasteiger partial charge < -0.3 is 14.2 Å². The fraction of sp³-hybridized carbons (Fsp3) is 0.467. The summed E-state index contributed by atoms with van der Waals surface area (Å²) in [6.45, 7) is -0.230. The first-order valence-electron chi connectivity index (χ1n) is 7.31. The van der Waals surface area contributed by atoms with Gasteiger partial charge in [-0.15, -0.1) is 11.6 Å². The third-order valence-electron chi connectivity index (χ3n) is 3.21. The molecule has 6 nitrogen and oxygen atoms in total. The fourth-order valence-electron chi connectivity index (χ4n) is 2.10. The molecule has 2 aromatic rings. The quantitative estimate of drug-likeness (QED) is 0.340. The van der Waals surface area contributed by atoms with Gasteiger partial charge >= 0.3 is 10.8 Å². The number of thiazole rings is 1. The third kappa shape index (κ3) is 5.73. The lowest BCUT2D eigenvalue weighted by Gasteiger charge is -2.27. The molecule has 1 aromatic carbocycles. The number of halogens is 4. The summed E-state index contributed by atoms with van der Waals surface area (Å²) in [4.78, 5) is 24.1. The maximum atomic E-state index is 12.3. The molecule has 11 heteroatoms. The maximum absolute atomic E-state index is 12.3. The van der Waals surface area contributed by atoms with Crippen LogP contribution in [0.4, 0.5) is 0 Å². The number of hydrogen-bond acceptors (Lipinski definition) is 6. The van der Waals surface area contributed by atoms with E-state index in [1.807, 2.05) is 0 Å². The Balaban J connectivity index is 2.14. The van der Waals surface area contributed by atoms with E-state index in [4.69, 9.17) is 60.6 Å². The predicted octanol–water partition coefficient (Wildman–Crippen LogP) is 3.57. The van der Waals surface area contributed by atoms with Crippen molar-refractivity contribution in [3.63, 3.8) is 0 Å². The molecule has 0 radical (unpaired) electrons. The molecule has 0 aliphatic carbocycles. The molecular formula is C15H15Cl4NO5S. The number of para-hydroxylation sites is 1. The summed E-state index contributed by atoms with van der Waals surface area (Å²) in [5.41, 5.74) is 0.615. The summed E-state index contributed by atoms with van der Waals surface area (Å²) in [6, 6.07) is 7.08. The number of nitrogens with zero attached hydrogens (tertiary/aromatic N) is 1. The molecule has 0 N–H and O–H groups in total. The van der Waals surface area contributed by atoms with Crippen LogP contribution in [0.3, 0.4) is 0 Å². The van der Waals surface area contributed by atoms with E-state index >= 15 is 0 Å². The molecule has 0 aliphatic heterocycles. The van der Waals surface area contributed by atoms with Crippen LogP contribution in [0.2, 0.25) is 0 Å². The van der Waals surface area contributed by atoms with Gasteiger partial charge in [0.1, 0.15) is 6.54 Å². The van der Waals surface area contributed by atoms with Crippen LogP contribution in [-0.4, -0.2) is 46.3 Å². The van der Waals surface area contributed by atoms with E-state index in [1.54, 1.807) is 24.3 Å². The Bertz CT molecular complexity index is 803. The largest absolute Gasteiger partial charge is 0.430 e. The zero-order valence-electron chi connectivity index (χ0n) is 13.5. The Kier molecular flexibility index (Phi) is 8.03. The van der Waals surface area contributed by atoms with Crippen molar-refractivity contribution < 1.29 is 19.0 Å². The van der Waals surface area contributed by atoms with Crippen LogP contribution in [0.5, 0.6) is 0 Å². The first-order chi connectivity index (χ1) is 12.3. The van der Waals surface area contributed by atoms with Crippen LogP contribution in [0.1, 0.15) is 0 Å². The second kappa shape index (κ2) is 9.59. The van der Waals surface area contributed by atoms with Crippen LogP contribution in [0.25, 0.3) is 10.2 Å². The van der Waals surface area contributed by atoms with E-state index in [1.165, 1.54) is 11.7 Å². The average molecular weight is 463 g/mol. The Labute approximate surface area is 173 Å². The molecule has 2 rings (SSSR count). The molecule has 0 aliphatic rings. The maximum Gasteiger partial charge on any atom is 0.328 e. The van der Waals surface area contributed by atoms with Crippen molar-refractivity contribution in [3.05, 3.63) is 33.9 Å². The SMILES string of the molecule is COC[C@@H](CCl)O[C@@H](OC(=O)Cn1c(=O)sc2ccccc21)C(Cl)(Cl)Cl. The molecule has 1 aromatic heterocycles. The van der Waals surface area contributed by atoms with Crippen molar-refractivity contribution in [1.82, 2.24) is 4.57 Å². The van der Waals surface area contributed by atoms with Crippen molar-refractivity contribution in [2.45, 2.75) is 22.7 Å². The monoisotopic (exact) mass is 461 g/mol. The highest BCUT2D eigenvalue weighted by atomic mass is 35.6. The summed E-state index contributed by atoms with van der Waals surface area (Å²) in [5.74, 6) is -0.755. The number of carbonyl (C=O) groups is 1. The van der Waals surface area contributed by atoms with Crippen molar-refractivity contribution in [1.29, 1.82) is 0 Å². The van der Waals surface area contributed by atoms with Gasteiger partial charge in [-0.05, 0) is 12.1 Å². The van der Waals surface area contributed by atoms with Gasteiger partial charge in [0.15, 0.2) is 0 Å². The van der Waals surface area contributed by atoms with E-state index in [9.17, 15) is 9.59 Å². The molecule has 2 atom stereocenters. The van der Waals surface area contributed by atoms with Crippen molar-refractivity contribution in [2.75, 3.05) is 19.6 Å². The molecule has 0 bridgehead atoms. The van der Waals surface area contributed by atoms with Crippen LogP contribution in [0, 0.1) is 0 Å². The highest BCUT2D eigenvalue weighted by Gasteiger charge is 2.39. The number of ether oxygens (including phenoxy) is 3. The highest BCUT2D eigenvalue weighted by molar-refractivity contribution is 7.16. The first kappa shape index (κ1) is 21.8. The number of alkyl halides is 4. The number of benzene rings is 1. The standard InChI is InChI=1S/C15H15Cl4NO5S/c1-23-8-9(6-16)24-13(15(17,18)19)25-12(21)7-20-10-4-2-3-5-11(10)26-14(20)22/h2-5,9,13H,6-8H2,1H3/t9-,13+/m1/s1. The number of carbonyl (C=O) groups excluding carboxylic acids is 1. The molecule has 26 heavy (non-hydrogen) atoms. The van der Waals surface area contributed by atoms with Crippen LogP contribution in [-0.2, 0) is 25.5 Å². The smallest absolute Gasteiger partial charge is 0.328 e. The van der Waals surface area contributed by atoms with Crippen LogP contribution >= 0.6 is 57.7 Å². The third-order valence-corrected chi connectivity index (χ3v) is 5.05. The minimum absolute atomic E-state index is 0.0390. The van der Waals surface area contributed by atoms with Gasteiger partial charge in [0.05, 0.1) is 28.8 Å². The number of rotatable bonds is 8. The second-order valence-electron chi connectivity index (χ2n) is 5.15. The summed E-state index contributed by atoms with van der Waals surface area (Å²) in [6.07, 6.45) is -2.17. The number of hydrogen-bond donors (Lipinski definition) is 0. The molecule has 144 valence electrons. The minimum Gasteiger partial charge on any atom is -0.430 e. The van der Waals surface area contributed by atoms with Gasteiger partial charge in [0, 0.05) is 7.11 Å². The summed E-state index contributed by atoms with van der Waals surface area (Å²) in [7, 11) is 1.45. The highest BCUT2D eigenvalue weighted by Crippen LogP contribution is 2.34. The van der Waals surface area contributed by atoms with E-state index in [0.717, 1.165) is 16.0 Å². The lowest BCUT2D eigenvalue weighted by molar-refractivity contribution is -0.191. The molecular weight excluding hydrogens is 448 g/mol. The molecule has 0 amide bonds. The molecule has 1 heterocycles. The molecule has 0 fully saturated rings. The van der Waals surface area contributed by atoms with Crippen molar-refractivity contribution in [2.24, 2.45) is 0 Å². The number of esters is 1. The average Bonchev–Trinajstić information content (AvgIpc) is 2.88. The molecule has 0 unspecified atom stereocenters.